The number of piperidine rings is 1. The van der Waals surface area contributed by atoms with Crippen molar-refractivity contribution in [1.29, 1.82) is 0 Å². The summed E-state index contributed by atoms with van der Waals surface area (Å²) >= 11 is 0. The number of fused-ring (bicyclic) bond motifs is 1. The van der Waals surface area contributed by atoms with Gasteiger partial charge < -0.3 is 14.3 Å². The lowest BCUT2D eigenvalue weighted by atomic mass is 9.96. The number of likely N-dealkylation sites (tertiary alicyclic amines) is 1. The molecule has 2 saturated heterocycles. The van der Waals surface area contributed by atoms with Gasteiger partial charge in [0.05, 0.1) is 5.69 Å². The van der Waals surface area contributed by atoms with Gasteiger partial charge in [-0.1, -0.05) is 5.16 Å². The summed E-state index contributed by atoms with van der Waals surface area (Å²) in [5, 5.41) is 9.58. The third-order valence-electron chi connectivity index (χ3n) is 7.17. The number of carbonyl (C=O) groups is 2. The second-order valence-corrected chi connectivity index (χ2v) is 9.50. The molecule has 0 aliphatic carbocycles. The van der Waals surface area contributed by atoms with E-state index in [-0.39, 0.29) is 17.7 Å². The lowest BCUT2D eigenvalue weighted by Gasteiger charge is -2.30. The van der Waals surface area contributed by atoms with Crippen LogP contribution in [0.5, 0.6) is 0 Å². The minimum absolute atomic E-state index is 0.00272. The molecule has 0 N–H and O–H groups in total. The highest BCUT2D eigenvalue weighted by molar-refractivity contribution is 5.97. The summed E-state index contributed by atoms with van der Waals surface area (Å²) in [5.41, 5.74) is 3.85. The molecule has 10 heteroatoms. The molecule has 4 aromatic rings. The van der Waals surface area contributed by atoms with E-state index in [9.17, 15) is 9.59 Å². The average Bonchev–Trinajstić information content (AvgIpc) is 3.63. The number of nitrogens with zero attached hydrogens (tertiary/aromatic N) is 7. The van der Waals surface area contributed by atoms with E-state index in [2.05, 4.69) is 20.2 Å². The van der Waals surface area contributed by atoms with Crippen molar-refractivity contribution in [2.75, 3.05) is 24.5 Å². The van der Waals surface area contributed by atoms with Gasteiger partial charge in [0.1, 0.15) is 5.69 Å². The summed E-state index contributed by atoms with van der Waals surface area (Å²) in [6.07, 6.45) is 2.97. The molecular weight excluding hydrogens is 458 g/mol. The van der Waals surface area contributed by atoms with Crippen molar-refractivity contribution in [2.45, 2.75) is 38.5 Å². The largest absolute Gasteiger partial charge is 0.339 e. The molecule has 5 heterocycles. The molecule has 2 aliphatic heterocycles. The van der Waals surface area contributed by atoms with Crippen LogP contribution in [-0.4, -0.2) is 61.3 Å². The maximum absolute atomic E-state index is 13.0. The van der Waals surface area contributed by atoms with Gasteiger partial charge in [0.2, 0.25) is 17.6 Å². The molecule has 0 saturated carbocycles. The molecule has 0 bridgehead atoms. The average molecular weight is 486 g/mol. The fraction of sp³-hybridized carbons (Fsp3) is 0.385. The van der Waals surface area contributed by atoms with E-state index in [0.29, 0.717) is 42.5 Å². The molecule has 3 aromatic heterocycles. The van der Waals surface area contributed by atoms with Gasteiger partial charge in [0, 0.05) is 55.7 Å². The highest BCUT2D eigenvalue weighted by Crippen LogP contribution is 2.30. The van der Waals surface area contributed by atoms with Crippen molar-refractivity contribution >= 4 is 28.5 Å². The van der Waals surface area contributed by atoms with E-state index in [1.165, 1.54) is 0 Å². The molecule has 2 aliphatic rings. The van der Waals surface area contributed by atoms with E-state index in [1.54, 1.807) is 9.58 Å². The van der Waals surface area contributed by atoms with Gasteiger partial charge in [-0.15, -0.1) is 0 Å². The van der Waals surface area contributed by atoms with E-state index < -0.39 is 0 Å². The predicted molar refractivity (Wildman–Crippen MR) is 132 cm³/mol. The molecule has 2 amide bonds. The SMILES string of the molecule is Cc1nn(C)c2nc(-c3noc(C4CCN(C(=O)c5ccc(N6CCCC6=O)cc5)CC4)n3)ccc12. The van der Waals surface area contributed by atoms with Crippen LogP contribution in [0.15, 0.2) is 40.9 Å². The summed E-state index contributed by atoms with van der Waals surface area (Å²) in [4.78, 5) is 37.9. The number of aryl methyl sites for hydroxylation is 2. The number of benzene rings is 1. The quantitative estimate of drug-likeness (QED) is 0.435. The molecule has 0 unspecified atom stereocenters. The number of hydrogen-bond donors (Lipinski definition) is 0. The third-order valence-corrected chi connectivity index (χ3v) is 7.17. The molecule has 10 nitrogen and oxygen atoms in total. The van der Waals surface area contributed by atoms with E-state index in [0.717, 1.165) is 48.2 Å². The second kappa shape index (κ2) is 8.85. The number of hydrogen-bond acceptors (Lipinski definition) is 7. The number of anilines is 1. The van der Waals surface area contributed by atoms with Crippen LogP contribution in [0.2, 0.25) is 0 Å². The zero-order valence-electron chi connectivity index (χ0n) is 20.3. The monoisotopic (exact) mass is 485 g/mol. The number of aromatic nitrogens is 5. The van der Waals surface area contributed by atoms with Crippen LogP contribution in [0, 0.1) is 6.92 Å². The van der Waals surface area contributed by atoms with Crippen LogP contribution >= 0.6 is 0 Å². The normalized spacial score (nSPS) is 16.9. The Kier molecular flexibility index (Phi) is 5.50. The first-order valence-electron chi connectivity index (χ1n) is 12.3. The number of carbonyl (C=O) groups excluding carboxylic acids is 2. The maximum atomic E-state index is 13.0. The molecular formula is C26H27N7O3. The predicted octanol–water partition coefficient (Wildman–Crippen LogP) is 3.47. The molecule has 184 valence electrons. The van der Waals surface area contributed by atoms with Crippen LogP contribution in [-0.2, 0) is 11.8 Å². The van der Waals surface area contributed by atoms with Gasteiger partial charge in [-0.05, 0) is 62.6 Å². The molecule has 0 atom stereocenters. The number of amides is 2. The molecule has 6 rings (SSSR count). The lowest BCUT2D eigenvalue weighted by molar-refractivity contribution is -0.117. The van der Waals surface area contributed by atoms with Crippen molar-refractivity contribution in [1.82, 2.24) is 29.8 Å². The van der Waals surface area contributed by atoms with Gasteiger partial charge in [0.25, 0.3) is 5.91 Å². The van der Waals surface area contributed by atoms with Gasteiger partial charge in [-0.25, -0.2) is 4.98 Å². The molecule has 36 heavy (non-hydrogen) atoms. The van der Waals surface area contributed by atoms with Crippen LogP contribution in [0.1, 0.15) is 53.5 Å². The fourth-order valence-corrected chi connectivity index (χ4v) is 5.15. The third kappa shape index (κ3) is 3.92. The highest BCUT2D eigenvalue weighted by Gasteiger charge is 2.29. The van der Waals surface area contributed by atoms with Gasteiger partial charge >= 0.3 is 0 Å². The van der Waals surface area contributed by atoms with E-state index >= 15 is 0 Å². The van der Waals surface area contributed by atoms with Crippen molar-refractivity contribution in [3.05, 3.63) is 53.5 Å². The Balaban J connectivity index is 1.10. The summed E-state index contributed by atoms with van der Waals surface area (Å²) < 4.78 is 7.35. The first kappa shape index (κ1) is 22.4. The molecule has 2 fully saturated rings. The van der Waals surface area contributed by atoms with Gasteiger partial charge in [0.15, 0.2) is 5.65 Å². The zero-order chi connectivity index (χ0) is 24.8. The Hall–Kier alpha value is -4.08. The number of pyridine rings is 1. The maximum Gasteiger partial charge on any atom is 0.253 e. The Morgan fingerprint density at radius 3 is 2.53 bits per heavy atom. The van der Waals surface area contributed by atoms with Crippen LogP contribution in [0.3, 0.4) is 0 Å². The summed E-state index contributed by atoms with van der Waals surface area (Å²) in [6.45, 7) is 3.93. The smallest absolute Gasteiger partial charge is 0.253 e. The first-order valence-corrected chi connectivity index (χ1v) is 12.3. The van der Waals surface area contributed by atoms with Crippen molar-refractivity contribution < 1.29 is 14.1 Å². The lowest BCUT2D eigenvalue weighted by Crippen LogP contribution is -2.38. The summed E-state index contributed by atoms with van der Waals surface area (Å²) in [5.74, 6) is 1.29. The van der Waals surface area contributed by atoms with Crippen molar-refractivity contribution in [3.8, 4) is 11.5 Å². The fourth-order valence-electron chi connectivity index (χ4n) is 5.15. The van der Waals surface area contributed by atoms with Crippen LogP contribution in [0.4, 0.5) is 5.69 Å². The minimum Gasteiger partial charge on any atom is -0.339 e. The van der Waals surface area contributed by atoms with Crippen LogP contribution < -0.4 is 4.90 Å². The van der Waals surface area contributed by atoms with E-state index in [4.69, 9.17) is 4.52 Å². The van der Waals surface area contributed by atoms with Crippen LogP contribution in [0.25, 0.3) is 22.6 Å². The summed E-state index contributed by atoms with van der Waals surface area (Å²) in [7, 11) is 1.87. The van der Waals surface area contributed by atoms with Gasteiger partial charge in [-0.2, -0.15) is 10.1 Å². The highest BCUT2D eigenvalue weighted by atomic mass is 16.5. The topological polar surface area (TPSA) is 110 Å². The summed E-state index contributed by atoms with van der Waals surface area (Å²) in [6, 6.07) is 11.2. The molecule has 0 spiro atoms. The second-order valence-electron chi connectivity index (χ2n) is 9.50. The molecule has 0 radical (unpaired) electrons. The number of rotatable bonds is 4. The van der Waals surface area contributed by atoms with Crippen molar-refractivity contribution in [2.24, 2.45) is 7.05 Å². The van der Waals surface area contributed by atoms with Crippen molar-refractivity contribution in [3.63, 3.8) is 0 Å². The Morgan fingerprint density at radius 2 is 1.81 bits per heavy atom. The Labute approximate surface area is 207 Å². The first-order chi connectivity index (χ1) is 17.5. The Morgan fingerprint density at radius 1 is 1.03 bits per heavy atom. The Bertz CT molecular complexity index is 1450. The standard InChI is InChI=1S/C26H27N7O3/c1-16-20-9-10-21(27-24(20)31(2)29-16)23-28-25(36-30-23)17-11-14-32(15-12-17)26(35)18-5-7-19(8-6-18)33-13-3-4-22(33)34/h5-10,17H,3-4,11-15H2,1-2H3. The zero-order valence-corrected chi connectivity index (χ0v) is 20.3. The van der Waals surface area contributed by atoms with Gasteiger partial charge in [-0.3, -0.25) is 14.3 Å². The van der Waals surface area contributed by atoms with E-state index in [1.807, 2.05) is 55.3 Å². The minimum atomic E-state index is 0.00272. The molecule has 1 aromatic carbocycles.